The van der Waals surface area contributed by atoms with E-state index >= 15 is 0 Å². The Hall–Kier alpha value is -1.82. The molecule has 124 valence electrons. The number of hydrogen-bond donors (Lipinski definition) is 1. The van der Waals surface area contributed by atoms with Crippen LogP contribution in [0.2, 0.25) is 0 Å². The number of hydrogen-bond acceptors (Lipinski definition) is 5. The maximum Gasteiger partial charge on any atom is 0.130 e. The van der Waals surface area contributed by atoms with Gasteiger partial charge in [0.05, 0.1) is 18.7 Å². The highest BCUT2D eigenvalue weighted by Crippen LogP contribution is 2.31. The van der Waals surface area contributed by atoms with Crippen LogP contribution in [-0.2, 0) is 9.73 Å². The zero-order valence-electron chi connectivity index (χ0n) is 13.5. The van der Waals surface area contributed by atoms with E-state index in [0.29, 0.717) is 0 Å². The van der Waals surface area contributed by atoms with Crippen molar-refractivity contribution >= 4 is 20.6 Å². The Kier molecular flexibility index (Phi) is 4.43. The molecule has 1 aliphatic carbocycles. The molecular weight excluding hydrogens is 312 g/mol. The van der Waals surface area contributed by atoms with Gasteiger partial charge in [-0.05, 0) is 43.9 Å². The Morgan fingerprint density at radius 3 is 2.61 bits per heavy atom. The first-order chi connectivity index (χ1) is 11.0. The molecule has 2 aromatic rings. The van der Waals surface area contributed by atoms with Crippen LogP contribution >= 0.6 is 0 Å². The Balaban J connectivity index is 1.75. The normalized spacial score (nSPS) is 24.1. The van der Waals surface area contributed by atoms with E-state index in [1.807, 2.05) is 24.3 Å². The number of pyridine rings is 1. The topological polar surface area (TPSA) is 72.3 Å². The van der Waals surface area contributed by atoms with E-state index in [1.165, 1.54) is 0 Å². The van der Waals surface area contributed by atoms with Crippen molar-refractivity contribution in [3.63, 3.8) is 0 Å². The van der Waals surface area contributed by atoms with Crippen LogP contribution in [-0.4, -0.2) is 33.9 Å². The Morgan fingerprint density at radius 2 is 1.96 bits per heavy atom. The van der Waals surface area contributed by atoms with E-state index in [2.05, 4.69) is 4.98 Å². The molecule has 3 rings (SSSR count). The van der Waals surface area contributed by atoms with E-state index < -0.39 is 9.73 Å². The largest absolute Gasteiger partial charge is 0.497 e. The smallest absolute Gasteiger partial charge is 0.130 e. The summed E-state index contributed by atoms with van der Waals surface area (Å²) < 4.78 is 31.0. The number of aromatic nitrogens is 1. The van der Waals surface area contributed by atoms with Gasteiger partial charge < -0.3 is 9.47 Å². The number of benzene rings is 1. The van der Waals surface area contributed by atoms with Gasteiger partial charge in [0.25, 0.3) is 0 Å². The number of ether oxygens (including phenoxy) is 2. The molecule has 0 spiro atoms. The lowest BCUT2D eigenvalue weighted by Crippen LogP contribution is -2.30. The average Bonchev–Trinajstić information content (AvgIpc) is 2.54. The number of nitrogens with one attached hydrogen (secondary N) is 1. The monoisotopic (exact) mass is 334 g/mol. The van der Waals surface area contributed by atoms with Crippen molar-refractivity contribution in [2.24, 2.45) is 0 Å². The van der Waals surface area contributed by atoms with E-state index in [9.17, 15) is 4.21 Å². The average molecular weight is 334 g/mol. The fourth-order valence-corrected chi connectivity index (χ4v) is 4.28. The lowest BCUT2D eigenvalue weighted by Gasteiger charge is -2.29. The standard InChI is InChI=1S/C17H22N2O3S/c1-21-13-5-8-15-16(11-13)19-10-9-17(15)22-12-3-6-14(7-4-12)23(2,18)20/h5,8-12,14,18H,3-4,6-7H2,1-2H3/t12-,14+,23?. The van der Waals surface area contributed by atoms with Crippen LogP contribution in [0.15, 0.2) is 30.5 Å². The van der Waals surface area contributed by atoms with Gasteiger partial charge in [-0.2, -0.15) is 0 Å². The molecule has 1 atom stereocenters. The zero-order chi connectivity index (χ0) is 16.4. The Labute approximate surface area is 137 Å². The van der Waals surface area contributed by atoms with Gasteiger partial charge in [0.15, 0.2) is 0 Å². The molecule has 1 unspecified atom stereocenters. The third-order valence-corrected chi connectivity index (χ3v) is 6.20. The number of nitrogens with zero attached hydrogens (tertiary/aromatic N) is 1. The molecule has 0 bridgehead atoms. The molecular formula is C17H22N2O3S. The van der Waals surface area contributed by atoms with E-state index in [4.69, 9.17) is 14.3 Å². The molecule has 1 aromatic carbocycles. The van der Waals surface area contributed by atoms with Crippen molar-refractivity contribution < 1.29 is 13.7 Å². The van der Waals surface area contributed by atoms with Crippen molar-refractivity contribution in [2.45, 2.75) is 37.0 Å². The van der Waals surface area contributed by atoms with Gasteiger partial charge in [0.1, 0.15) is 11.5 Å². The minimum absolute atomic E-state index is 0.000736. The molecule has 0 amide bonds. The second-order valence-electron chi connectivity index (χ2n) is 6.11. The molecule has 6 heteroatoms. The minimum atomic E-state index is -2.44. The maximum absolute atomic E-state index is 11.8. The van der Waals surface area contributed by atoms with Crippen LogP contribution in [0.4, 0.5) is 0 Å². The lowest BCUT2D eigenvalue weighted by molar-refractivity contribution is 0.158. The van der Waals surface area contributed by atoms with Crippen LogP contribution in [0.25, 0.3) is 10.9 Å². The van der Waals surface area contributed by atoms with Crippen molar-refractivity contribution in [1.29, 1.82) is 4.78 Å². The first kappa shape index (κ1) is 16.1. The second-order valence-corrected chi connectivity index (χ2v) is 8.59. The number of methoxy groups -OCH3 is 1. The number of rotatable bonds is 4. The highest BCUT2D eigenvalue weighted by molar-refractivity contribution is 7.92. The first-order valence-electron chi connectivity index (χ1n) is 7.79. The summed E-state index contributed by atoms with van der Waals surface area (Å²) in [5.41, 5.74) is 0.846. The second kappa shape index (κ2) is 6.35. The SMILES string of the molecule is COc1ccc2c(O[C@H]3CC[C@@H](S(C)(=N)=O)CC3)ccnc2c1. The molecule has 1 aromatic heterocycles. The van der Waals surface area contributed by atoms with Gasteiger partial charge in [-0.25, -0.2) is 4.21 Å². The van der Waals surface area contributed by atoms with Crippen LogP contribution < -0.4 is 9.47 Å². The molecule has 0 saturated heterocycles. The fraction of sp³-hybridized carbons (Fsp3) is 0.471. The molecule has 5 nitrogen and oxygen atoms in total. The van der Waals surface area contributed by atoms with Crippen molar-refractivity contribution in [3.8, 4) is 11.5 Å². The molecule has 23 heavy (non-hydrogen) atoms. The summed E-state index contributed by atoms with van der Waals surface area (Å²) in [6.45, 7) is 0. The summed E-state index contributed by atoms with van der Waals surface area (Å²) in [6, 6.07) is 7.64. The fourth-order valence-electron chi connectivity index (χ4n) is 3.11. The summed E-state index contributed by atoms with van der Waals surface area (Å²) in [6.07, 6.45) is 6.66. The van der Waals surface area contributed by atoms with Crippen LogP contribution in [0.1, 0.15) is 25.7 Å². The van der Waals surface area contributed by atoms with Gasteiger partial charge in [-0.3, -0.25) is 9.76 Å². The highest BCUT2D eigenvalue weighted by Gasteiger charge is 2.27. The van der Waals surface area contributed by atoms with Gasteiger partial charge in [-0.15, -0.1) is 0 Å². The molecule has 1 fully saturated rings. The van der Waals surface area contributed by atoms with Gasteiger partial charge in [-0.1, -0.05) is 0 Å². The van der Waals surface area contributed by atoms with Gasteiger partial charge >= 0.3 is 0 Å². The van der Waals surface area contributed by atoms with Crippen molar-refractivity contribution in [3.05, 3.63) is 30.5 Å². The molecule has 1 aliphatic rings. The summed E-state index contributed by atoms with van der Waals surface area (Å²) in [4.78, 5) is 4.37. The maximum atomic E-state index is 11.8. The molecule has 1 heterocycles. The summed E-state index contributed by atoms with van der Waals surface area (Å²) >= 11 is 0. The first-order valence-corrected chi connectivity index (χ1v) is 9.82. The molecule has 1 N–H and O–H groups in total. The van der Waals surface area contributed by atoms with E-state index in [-0.39, 0.29) is 11.4 Å². The van der Waals surface area contributed by atoms with Crippen LogP contribution in [0.5, 0.6) is 11.5 Å². The summed E-state index contributed by atoms with van der Waals surface area (Å²) in [5, 5.41) is 0.969. The highest BCUT2D eigenvalue weighted by atomic mass is 32.2. The predicted octanol–water partition coefficient (Wildman–Crippen LogP) is 3.61. The molecule has 0 aliphatic heterocycles. The van der Waals surface area contributed by atoms with E-state index in [0.717, 1.165) is 48.1 Å². The van der Waals surface area contributed by atoms with Crippen molar-refractivity contribution in [2.75, 3.05) is 13.4 Å². The Morgan fingerprint density at radius 1 is 1.22 bits per heavy atom. The van der Waals surface area contributed by atoms with Gasteiger partial charge in [0, 0.05) is 38.9 Å². The van der Waals surface area contributed by atoms with Crippen LogP contribution in [0, 0.1) is 4.78 Å². The molecule has 0 radical (unpaired) electrons. The number of fused-ring (bicyclic) bond motifs is 1. The lowest BCUT2D eigenvalue weighted by atomic mass is 9.97. The third-order valence-electron chi connectivity index (χ3n) is 4.46. The summed E-state index contributed by atoms with van der Waals surface area (Å²) in [5.74, 6) is 1.60. The van der Waals surface area contributed by atoms with E-state index in [1.54, 1.807) is 19.6 Å². The Bertz CT molecular complexity index is 797. The third kappa shape index (κ3) is 3.58. The predicted molar refractivity (Wildman–Crippen MR) is 91.8 cm³/mol. The van der Waals surface area contributed by atoms with Gasteiger partial charge in [0.2, 0.25) is 0 Å². The quantitative estimate of drug-likeness (QED) is 0.927. The summed E-state index contributed by atoms with van der Waals surface area (Å²) in [7, 11) is -0.807. The van der Waals surface area contributed by atoms with Crippen molar-refractivity contribution in [1.82, 2.24) is 4.98 Å². The molecule has 1 saturated carbocycles. The zero-order valence-corrected chi connectivity index (χ0v) is 14.3. The van der Waals surface area contributed by atoms with Crippen LogP contribution in [0.3, 0.4) is 0 Å². The minimum Gasteiger partial charge on any atom is -0.497 e.